The first-order valence-electron chi connectivity index (χ1n) is 7.37. The molecule has 0 unspecified atom stereocenters. The molecule has 0 radical (unpaired) electrons. The predicted molar refractivity (Wildman–Crippen MR) is 88.9 cm³/mol. The van der Waals surface area contributed by atoms with Crippen LogP contribution in [0.1, 0.15) is 10.4 Å². The number of nitrogens with zero attached hydrogens (tertiary/aromatic N) is 2. The quantitative estimate of drug-likeness (QED) is 0.760. The zero-order valence-corrected chi connectivity index (χ0v) is 12.2. The molecule has 2 N–H and O–H groups in total. The number of fused-ring (bicyclic) bond motifs is 3. The van der Waals surface area contributed by atoms with Crippen molar-refractivity contribution in [2.24, 2.45) is 0 Å². The number of rotatable bonds is 2. The smallest absolute Gasteiger partial charge is 0.349 e. The average Bonchev–Trinajstić information content (AvgIpc) is 3.07. The molecule has 0 saturated carbocycles. The summed E-state index contributed by atoms with van der Waals surface area (Å²) in [6.45, 7) is 1.31. The van der Waals surface area contributed by atoms with E-state index in [4.69, 9.17) is 0 Å². The molecule has 6 nitrogen and oxygen atoms in total. The second-order valence-electron chi connectivity index (χ2n) is 5.37. The summed E-state index contributed by atoms with van der Waals surface area (Å²) in [5.74, 6) is 0.589. The number of hydrogen-bond acceptors (Lipinski definition) is 4. The van der Waals surface area contributed by atoms with Gasteiger partial charge in [0.1, 0.15) is 5.82 Å². The Kier molecular flexibility index (Phi) is 3.08. The first kappa shape index (κ1) is 13.5. The van der Waals surface area contributed by atoms with Gasteiger partial charge in [0, 0.05) is 29.7 Å². The third-order valence-corrected chi connectivity index (χ3v) is 3.89. The standard InChI is InChI=1S/C17H14N4O2/c22-16(11-4-2-1-3-5-11)19-12-6-7-14-13(10-12)15-18-8-9-21(15)17(23)20-14/h1-7,10,18H,8-9H2,(H,19,22). The molecule has 1 aliphatic rings. The Balaban J connectivity index is 1.74. The highest BCUT2D eigenvalue weighted by atomic mass is 16.2. The zero-order chi connectivity index (χ0) is 15.8. The number of carbonyl (C=O) groups excluding carboxylic acids is 1. The van der Waals surface area contributed by atoms with Crippen molar-refractivity contribution in [3.63, 3.8) is 0 Å². The first-order chi connectivity index (χ1) is 11.2. The molecule has 1 amide bonds. The molecule has 1 aliphatic heterocycles. The van der Waals surface area contributed by atoms with Gasteiger partial charge in [0.25, 0.3) is 5.91 Å². The molecule has 1 aromatic heterocycles. The molecule has 4 rings (SSSR count). The van der Waals surface area contributed by atoms with Gasteiger partial charge in [0.15, 0.2) is 0 Å². The molecule has 0 bridgehead atoms. The normalized spacial score (nSPS) is 12.7. The van der Waals surface area contributed by atoms with E-state index in [0.717, 1.165) is 11.2 Å². The van der Waals surface area contributed by atoms with Gasteiger partial charge in [0.05, 0.1) is 5.52 Å². The van der Waals surface area contributed by atoms with Crippen molar-refractivity contribution in [2.45, 2.75) is 6.54 Å². The van der Waals surface area contributed by atoms with Gasteiger partial charge in [-0.25, -0.2) is 4.79 Å². The summed E-state index contributed by atoms with van der Waals surface area (Å²) in [5, 5.41) is 6.91. The van der Waals surface area contributed by atoms with E-state index in [1.807, 2.05) is 24.3 Å². The summed E-state index contributed by atoms with van der Waals surface area (Å²) < 4.78 is 1.62. The fourth-order valence-electron chi connectivity index (χ4n) is 2.78. The minimum atomic E-state index is -0.251. The minimum Gasteiger partial charge on any atom is -0.369 e. The van der Waals surface area contributed by atoms with E-state index in [-0.39, 0.29) is 11.6 Å². The van der Waals surface area contributed by atoms with Crippen LogP contribution in [0.15, 0.2) is 53.3 Å². The van der Waals surface area contributed by atoms with Crippen molar-refractivity contribution < 1.29 is 4.79 Å². The summed E-state index contributed by atoms with van der Waals surface area (Å²) >= 11 is 0. The summed E-state index contributed by atoms with van der Waals surface area (Å²) in [5.41, 5.74) is 1.63. The first-order valence-corrected chi connectivity index (χ1v) is 7.37. The number of hydrogen-bond donors (Lipinski definition) is 2. The van der Waals surface area contributed by atoms with Crippen LogP contribution in [0.25, 0.3) is 10.9 Å². The topological polar surface area (TPSA) is 76.0 Å². The summed E-state index contributed by atoms with van der Waals surface area (Å²) in [6, 6.07) is 14.4. The molecule has 0 aliphatic carbocycles. The molecule has 114 valence electrons. The summed E-state index contributed by atoms with van der Waals surface area (Å²) in [7, 11) is 0. The number of anilines is 2. The van der Waals surface area contributed by atoms with E-state index >= 15 is 0 Å². The summed E-state index contributed by atoms with van der Waals surface area (Å²) in [4.78, 5) is 28.2. The van der Waals surface area contributed by atoms with Gasteiger partial charge < -0.3 is 10.6 Å². The second-order valence-corrected chi connectivity index (χ2v) is 5.37. The van der Waals surface area contributed by atoms with E-state index in [2.05, 4.69) is 15.6 Å². The molecule has 23 heavy (non-hydrogen) atoms. The lowest BCUT2D eigenvalue weighted by Gasteiger charge is -2.09. The maximum Gasteiger partial charge on any atom is 0.349 e. The van der Waals surface area contributed by atoms with E-state index in [1.165, 1.54) is 0 Å². The number of benzene rings is 2. The van der Waals surface area contributed by atoms with Gasteiger partial charge in [-0.3, -0.25) is 9.36 Å². The number of nitrogens with one attached hydrogen (secondary N) is 2. The molecule has 6 heteroatoms. The molecular weight excluding hydrogens is 292 g/mol. The van der Waals surface area contributed by atoms with Crippen LogP contribution in [0.2, 0.25) is 0 Å². The third-order valence-electron chi connectivity index (χ3n) is 3.89. The highest BCUT2D eigenvalue weighted by Crippen LogP contribution is 2.26. The van der Waals surface area contributed by atoms with Gasteiger partial charge in [-0.2, -0.15) is 4.98 Å². The van der Waals surface area contributed by atoms with Crippen LogP contribution >= 0.6 is 0 Å². The molecule has 2 heterocycles. The molecule has 0 fully saturated rings. The summed E-state index contributed by atoms with van der Waals surface area (Å²) in [6.07, 6.45) is 0. The van der Waals surface area contributed by atoms with Crippen LogP contribution in [-0.2, 0) is 6.54 Å². The van der Waals surface area contributed by atoms with E-state index in [1.54, 1.807) is 28.8 Å². The van der Waals surface area contributed by atoms with Crippen molar-refractivity contribution in [2.75, 3.05) is 17.2 Å². The maximum absolute atomic E-state index is 12.2. The van der Waals surface area contributed by atoms with Crippen LogP contribution < -0.4 is 16.3 Å². The molecule has 0 atom stereocenters. The molecule has 3 aromatic rings. The maximum atomic E-state index is 12.2. The van der Waals surface area contributed by atoms with Crippen LogP contribution in [-0.4, -0.2) is 22.0 Å². The Bertz CT molecular complexity index is 963. The van der Waals surface area contributed by atoms with Crippen molar-refractivity contribution in [1.82, 2.24) is 9.55 Å². The second kappa shape index (κ2) is 5.24. The highest BCUT2D eigenvalue weighted by molar-refractivity contribution is 6.05. The van der Waals surface area contributed by atoms with Crippen LogP contribution in [0.3, 0.4) is 0 Å². The van der Waals surface area contributed by atoms with Crippen molar-refractivity contribution in [3.8, 4) is 0 Å². The average molecular weight is 306 g/mol. The van der Waals surface area contributed by atoms with Gasteiger partial charge in [0.2, 0.25) is 0 Å². The Labute approximate surface area is 131 Å². The fourth-order valence-corrected chi connectivity index (χ4v) is 2.78. The van der Waals surface area contributed by atoms with E-state index in [9.17, 15) is 9.59 Å². The zero-order valence-electron chi connectivity index (χ0n) is 12.2. The minimum absolute atomic E-state index is 0.171. The van der Waals surface area contributed by atoms with Crippen molar-refractivity contribution in [3.05, 3.63) is 64.6 Å². The van der Waals surface area contributed by atoms with E-state index in [0.29, 0.717) is 29.9 Å². The number of aromatic nitrogens is 2. The van der Waals surface area contributed by atoms with Crippen LogP contribution in [0.4, 0.5) is 11.5 Å². The predicted octanol–water partition coefficient (Wildman–Crippen LogP) is 2.07. The Morgan fingerprint density at radius 3 is 2.83 bits per heavy atom. The lowest BCUT2D eigenvalue weighted by molar-refractivity contribution is 0.102. The van der Waals surface area contributed by atoms with Crippen LogP contribution in [0.5, 0.6) is 0 Å². The lowest BCUT2D eigenvalue weighted by Crippen LogP contribution is -2.21. The van der Waals surface area contributed by atoms with E-state index < -0.39 is 0 Å². The van der Waals surface area contributed by atoms with Crippen molar-refractivity contribution >= 4 is 28.3 Å². The lowest BCUT2D eigenvalue weighted by atomic mass is 10.2. The van der Waals surface area contributed by atoms with Gasteiger partial charge in [-0.05, 0) is 30.3 Å². The van der Waals surface area contributed by atoms with Gasteiger partial charge in [-0.15, -0.1) is 0 Å². The van der Waals surface area contributed by atoms with Crippen molar-refractivity contribution in [1.29, 1.82) is 0 Å². The van der Waals surface area contributed by atoms with Gasteiger partial charge >= 0.3 is 5.69 Å². The van der Waals surface area contributed by atoms with Crippen LogP contribution in [0, 0.1) is 0 Å². The highest BCUT2D eigenvalue weighted by Gasteiger charge is 2.16. The Hall–Kier alpha value is -3.15. The number of amides is 1. The number of carbonyl (C=O) groups is 1. The van der Waals surface area contributed by atoms with Gasteiger partial charge in [-0.1, -0.05) is 18.2 Å². The molecule has 2 aromatic carbocycles. The fraction of sp³-hybridized carbons (Fsp3) is 0.118. The molecule has 0 spiro atoms. The largest absolute Gasteiger partial charge is 0.369 e. The Morgan fingerprint density at radius 2 is 2.00 bits per heavy atom. The Morgan fingerprint density at radius 1 is 1.17 bits per heavy atom. The molecular formula is C17H14N4O2. The third kappa shape index (κ3) is 2.34. The SMILES string of the molecule is O=C(Nc1ccc2nc(=O)n3c(c2c1)NCC3)c1ccccc1. The monoisotopic (exact) mass is 306 g/mol. The molecule has 0 saturated heterocycles.